The molecule has 12 nitrogen and oxygen atoms in total. The van der Waals surface area contributed by atoms with E-state index < -0.39 is 40.8 Å². The Kier molecular flexibility index (Phi) is 23.6. The van der Waals surface area contributed by atoms with Crippen molar-refractivity contribution < 1.29 is 88.6 Å². The first-order valence-corrected chi connectivity index (χ1v) is 8.25. The summed E-state index contributed by atoms with van der Waals surface area (Å²) in [5.41, 5.74) is 0. The van der Waals surface area contributed by atoms with Crippen molar-refractivity contribution in [1.82, 2.24) is 0 Å². The number of hydrogen-bond acceptors (Lipinski definition) is 12. The molecular weight excluding hydrogens is 591 g/mol. The summed E-state index contributed by atoms with van der Waals surface area (Å²) < 4.78 is 103. The van der Waals surface area contributed by atoms with Crippen molar-refractivity contribution in [2.45, 2.75) is 0 Å². The van der Waals surface area contributed by atoms with E-state index in [4.69, 9.17) is 47.8 Å². The summed E-state index contributed by atoms with van der Waals surface area (Å²) in [4.78, 5) is 0. The Labute approximate surface area is 136 Å². The molecule has 0 unspecified atom stereocenters. The van der Waals surface area contributed by atoms with Gasteiger partial charge >= 0.3 is 137 Å². The number of hydrogen-bond donors (Lipinski definition) is 0. The van der Waals surface area contributed by atoms with Crippen LogP contribution in [0.25, 0.3) is 0 Å². The van der Waals surface area contributed by atoms with E-state index in [9.17, 15) is 0 Å². The third-order valence-corrected chi connectivity index (χ3v) is 0. The van der Waals surface area contributed by atoms with Crippen molar-refractivity contribution in [2.24, 2.45) is 0 Å². The number of rotatable bonds is 0. The normalized spacial score (nSPS) is 10.2. The van der Waals surface area contributed by atoms with Crippen molar-refractivity contribution in [3.05, 3.63) is 0 Å². The largest absolute Gasteiger partial charge is 3.00 e. The van der Waals surface area contributed by atoms with Crippen LogP contribution >= 0.6 is 0 Å². The van der Waals surface area contributed by atoms with E-state index in [1.807, 2.05) is 0 Å². The molecule has 100 valence electrons. The van der Waals surface area contributed by atoms with Gasteiger partial charge in [-0.25, -0.2) is 0 Å². The molecule has 0 spiro atoms. The zero-order chi connectivity index (χ0) is 13.5. The third kappa shape index (κ3) is 1380. The van der Waals surface area contributed by atoms with Gasteiger partial charge in [0.05, 0.1) is 0 Å². The van der Waals surface area contributed by atoms with Crippen LogP contribution in [0.15, 0.2) is 0 Å². The third-order valence-electron chi connectivity index (χ3n) is 0. The molecule has 17 heteroatoms. The minimum Gasteiger partial charge on any atom is 3.00 e. The molecule has 0 aliphatic rings. The average Bonchev–Trinajstić information content (AvgIpc) is 1.41. The molecule has 4 radical (unpaired) electrons. The van der Waals surface area contributed by atoms with Gasteiger partial charge in [0.2, 0.25) is 0 Å². The second-order valence-corrected chi connectivity index (χ2v) is 5.05. The maximum Gasteiger partial charge on any atom is 3.00 e. The van der Waals surface area contributed by atoms with Crippen LogP contribution in [0, 0.1) is 0 Å². The van der Waals surface area contributed by atoms with E-state index in [0.717, 1.165) is 0 Å². The minimum absolute atomic E-state index is 0. The van der Waals surface area contributed by atoms with Gasteiger partial charge in [0.25, 0.3) is 0 Å². The van der Waals surface area contributed by atoms with Gasteiger partial charge in [0.1, 0.15) is 0 Å². The Hall–Kier alpha value is 1.79. The molecule has 0 aliphatic carbocycles. The summed E-state index contributed by atoms with van der Waals surface area (Å²) in [7, 11) is 0. The molecule has 0 N–H and O–H groups in total. The molecule has 17 heavy (non-hydrogen) atoms. The molecule has 0 saturated carbocycles. The topological polar surface area (TPSA) is 241 Å². The monoisotopic (exact) mass is 590 g/mol. The fraction of sp³-hybridized carbons (Fsp3) is 0. The van der Waals surface area contributed by atoms with Crippen molar-refractivity contribution in [1.29, 1.82) is 0 Å². The van der Waals surface area contributed by atoms with Gasteiger partial charge in [-0.1, -0.05) is 0 Å². The molecule has 0 atom stereocenters. The van der Waals surface area contributed by atoms with Gasteiger partial charge < -0.3 is 0 Å². The average molecular weight is 591 g/mol. The fourth-order valence-electron chi connectivity index (χ4n) is 0. The van der Waals surface area contributed by atoms with Crippen molar-refractivity contribution in [2.75, 3.05) is 0 Å². The summed E-state index contributed by atoms with van der Waals surface area (Å²) in [5.74, 6) is 0. The van der Waals surface area contributed by atoms with E-state index in [0.29, 0.717) is 0 Å². The van der Waals surface area contributed by atoms with Gasteiger partial charge in [0.15, 0.2) is 0 Å². The SMILES string of the molecule is [O]=[Cr](=[O])([O-])[O-].[O]=[Cr](=[O])([O-])[O-].[O]=[Cr](=[O])([O-])[O-].[Sb+3].[Sb+3]. The standard InChI is InChI=1S/3Cr.12O.2Sb/q;;;;;;;;;6*-1;2*+3. The predicted octanol–water partition coefficient (Wildman–Crippen LogP) is -8.62. The summed E-state index contributed by atoms with van der Waals surface area (Å²) in [6.45, 7) is 0. The van der Waals surface area contributed by atoms with Crippen LogP contribution in [0.5, 0.6) is 0 Å². The minimum atomic E-state index is -5.75. The van der Waals surface area contributed by atoms with E-state index in [1.165, 1.54) is 0 Å². The first kappa shape index (κ1) is 31.3. The van der Waals surface area contributed by atoms with Crippen LogP contribution in [0.3, 0.4) is 0 Å². The Morgan fingerprint density at radius 1 is 0.412 bits per heavy atom. The Balaban J connectivity index is -0.0000000400. The second-order valence-electron chi connectivity index (χ2n) is 1.22. The smallest absolute Gasteiger partial charge is 3.00 e. The molecule has 0 aliphatic heterocycles. The zero-order valence-corrected chi connectivity index (χ0v) is 15.9. The molecule has 0 rings (SSSR count). The van der Waals surface area contributed by atoms with Crippen LogP contribution in [-0.4, -0.2) is 48.9 Å². The molecule has 0 amide bonds. The van der Waals surface area contributed by atoms with Crippen LogP contribution < -0.4 is 24.9 Å². The Morgan fingerprint density at radius 3 is 0.412 bits per heavy atom. The molecule has 0 saturated heterocycles. The van der Waals surface area contributed by atoms with E-state index >= 15 is 0 Å². The summed E-state index contributed by atoms with van der Waals surface area (Å²) in [6.07, 6.45) is 0. The second kappa shape index (κ2) is 12.8. The summed E-state index contributed by atoms with van der Waals surface area (Å²) in [6, 6.07) is 0. The Bertz CT molecular complexity index is 341. The van der Waals surface area contributed by atoms with E-state index in [2.05, 4.69) is 0 Å². The molecule has 0 bridgehead atoms. The quantitative estimate of drug-likeness (QED) is 0.239. The summed E-state index contributed by atoms with van der Waals surface area (Å²) >= 11 is -17.2. The Morgan fingerprint density at radius 2 is 0.412 bits per heavy atom. The predicted molar refractivity (Wildman–Crippen MR) is 15.6 cm³/mol. The molecule has 0 aromatic carbocycles. The van der Waals surface area contributed by atoms with Gasteiger partial charge in [-0.2, -0.15) is 0 Å². The van der Waals surface area contributed by atoms with Crippen molar-refractivity contribution >= 4 is 48.9 Å². The first-order chi connectivity index (χ1) is 6.00. The zero-order valence-electron chi connectivity index (χ0n) is 7.02. The molecule has 0 aromatic heterocycles. The van der Waals surface area contributed by atoms with Crippen LogP contribution in [0.1, 0.15) is 0 Å². The van der Waals surface area contributed by atoms with Crippen LogP contribution in [0.4, 0.5) is 0 Å². The molecule has 0 heterocycles. The van der Waals surface area contributed by atoms with Gasteiger partial charge in [-0.05, 0) is 0 Å². The van der Waals surface area contributed by atoms with Gasteiger partial charge in [0, 0.05) is 0 Å². The first-order valence-electron chi connectivity index (χ1n) is 2.00. The van der Waals surface area contributed by atoms with Crippen LogP contribution in [-0.2, 0) is 63.7 Å². The molecule has 0 aromatic rings. The summed E-state index contributed by atoms with van der Waals surface area (Å²) in [5, 5.41) is 0. The van der Waals surface area contributed by atoms with E-state index in [-0.39, 0.29) is 48.9 Å². The van der Waals surface area contributed by atoms with Gasteiger partial charge in [-0.15, -0.1) is 0 Å². The van der Waals surface area contributed by atoms with E-state index in [1.54, 1.807) is 0 Å². The maximum absolute atomic E-state index is 8.59. The van der Waals surface area contributed by atoms with Crippen molar-refractivity contribution in [3.8, 4) is 0 Å². The van der Waals surface area contributed by atoms with Crippen LogP contribution in [0.2, 0.25) is 0 Å². The molecule has 0 fully saturated rings. The maximum atomic E-state index is 8.59. The molecular formula is Cr3O12Sb2. The van der Waals surface area contributed by atoms with Gasteiger partial charge in [-0.3, -0.25) is 0 Å². The van der Waals surface area contributed by atoms with Crippen molar-refractivity contribution in [3.63, 3.8) is 0 Å². The fourth-order valence-corrected chi connectivity index (χ4v) is 0.